The van der Waals surface area contributed by atoms with Crippen molar-refractivity contribution in [2.75, 3.05) is 20.3 Å². The van der Waals surface area contributed by atoms with Crippen LogP contribution in [0.15, 0.2) is 18.2 Å². The molecule has 0 saturated carbocycles. The summed E-state index contributed by atoms with van der Waals surface area (Å²) in [7, 11) is 1.56. The van der Waals surface area contributed by atoms with Crippen molar-refractivity contribution in [1.82, 2.24) is 0 Å². The molecule has 0 bridgehead atoms. The molecule has 0 aliphatic heterocycles. The summed E-state index contributed by atoms with van der Waals surface area (Å²) in [5, 5.41) is 0.563. The van der Waals surface area contributed by atoms with Crippen LogP contribution in [0, 0.1) is 0 Å². The van der Waals surface area contributed by atoms with E-state index < -0.39 is 6.29 Å². The molecule has 0 aliphatic rings. The highest BCUT2D eigenvalue weighted by Crippen LogP contribution is 2.23. The molecule has 19 heavy (non-hydrogen) atoms. The van der Waals surface area contributed by atoms with Gasteiger partial charge in [0.05, 0.1) is 7.11 Å². The van der Waals surface area contributed by atoms with E-state index in [9.17, 15) is 4.79 Å². The van der Waals surface area contributed by atoms with Gasteiger partial charge in [0.15, 0.2) is 5.78 Å². The summed E-state index contributed by atoms with van der Waals surface area (Å²) in [4.78, 5) is 12.1. The summed E-state index contributed by atoms with van der Waals surface area (Å²) >= 11 is 5.93. The lowest BCUT2D eigenvalue weighted by Crippen LogP contribution is -2.29. The number of methoxy groups -OCH3 is 1. The first-order valence-electron chi connectivity index (χ1n) is 6.20. The van der Waals surface area contributed by atoms with Crippen LogP contribution in [0.4, 0.5) is 0 Å². The smallest absolute Gasteiger partial charge is 0.218 e. The molecule has 0 heterocycles. The van der Waals surface area contributed by atoms with Gasteiger partial charge in [0.2, 0.25) is 6.29 Å². The predicted molar refractivity (Wildman–Crippen MR) is 73.8 cm³/mol. The average Bonchev–Trinajstić information content (AvgIpc) is 2.38. The zero-order valence-corrected chi connectivity index (χ0v) is 12.2. The van der Waals surface area contributed by atoms with E-state index in [2.05, 4.69) is 0 Å². The van der Waals surface area contributed by atoms with Gasteiger partial charge in [-0.25, -0.2) is 0 Å². The van der Waals surface area contributed by atoms with E-state index >= 15 is 0 Å². The van der Waals surface area contributed by atoms with Crippen molar-refractivity contribution in [3.05, 3.63) is 28.8 Å². The molecule has 0 aliphatic carbocycles. The van der Waals surface area contributed by atoms with Crippen LogP contribution >= 0.6 is 11.6 Å². The Kier molecular flexibility index (Phi) is 6.84. The Labute approximate surface area is 118 Å². The monoisotopic (exact) mass is 286 g/mol. The van der Waals surface area contributed by atoms with Crippen molar-refractivity contribution in [2.45, 2.75) is 26.6 Å². The topological polar surface area (TPSA) is 44.8 Å². The van der Waals surface area contributed by atoms with E-state index in [1.807, 2.05) is 13.8 Å². The third-order valence-corrected chi connectivity index (χ3v) is 2.74. The van der Waals surface area contributed by atoms with Crippen LogP contribution in [0.1, 0.15) is 19.4 Å². The van der Waals surface area contributed by atoms with Crippen molar-refractivity contribution in [2.24, 2.45) is 0 Å². The lowest BCUT2D eigenvalue weighted by atomic mass is 10.1. The number of Topliss-reactive ketones (excluding diaryl/α,β-unsaturated/α-hetero) is 1. The maximum atomic E-state index is 12.1. The SMILES string of the molecule is CCOC(OCC)C(=O)Cc1cc(Cl)ccc1OC. The number of halogens is 1. The molecule has 1 aromatic carbocycles. The van der Waals surface area contributed by atoms with Crippen molar-refractivity contribution in [3.8, 4) is 5.75 Å². The van der Waals surface area contributed by atoms with E-state index in [1.165, 1.54) is 0 Å². The van der Waals surface area contributed by atoms with Gasteiger partial charge in [-0.3, -0.25) is 4.79 Å². The molecule has 0 radical (unpaired) electrons. The molecule has 0 aromatic heterocycles. The second-order valence-corrected chi connectivity index (χ2v) is 4.28. The van der Waals surface area contributed by atoms with Crippen LogP contribution in [0.3, 0.4) is 0 Å². The first-order valence-corrected chi connectivity index (χ1v) is 6.58. The number of ether oxygens (including phenoxy) is 3. The van der Waals surface area contributed by atoms with E-state index in [0.29, 0.717) is 24.0 Å². The highest BCUT2D eigenvalue weighted by molar-refractivity contribution is 6.30. The number of benzene rings is 1. The van der Waals surface area contributed by atoms with E-state index in [-0.39, 0.29) is 12.2 Å². The molecule has 0 spiro atoms. The quantitative estimate of drug-likeness (QED) is 0.689. The minimum atomic E-state index is -0.835. The van der Waals surface area contributed by atoms with E-state index in [0.717, 1.165) is 5.56 Å². The van der Waals surface area contributed by atoms with Crippen molar-refractivity contribution < 1.29 is 19.0 Å². The Bertz CT molecular complexity index is 414. The minimum absolute atomic E-state index is 0.149. The van der Waals surface area contributed by atoms with Crippen LogP contribution in [0.5, 0.6) is 5.75 Å². The average molecular weight is 287 g/mol. The summed E-state index contributed by atoms with van der Waals surface area (Å²) in [5.74, 6) is 0.480. The Hall–Kier alpha value is -1.10. The number of carbonyl (C=O) groups excluding carboxylic acids is 1. The van der Waals surface area contributed by atoms with Crippen molar-refractivity contribution >= 4 is 17.4 Å². The number of ketones is 1. The van der Waals surface area contributed by atoms with Crippen LogP contribution < -0.4 is 4.74 Å². The van der Waals surface area contributed by atoms with Gasteiger partial charge in [0, 0.05) is 30.2 Å². The molecular weight excluding hydrogens is 268 g/mol. The normalized spacial score (nSPS) is 10.8. The van der Waals surface area contributed by atoms with E-state index in [4.69, 9.17) is 25.8 Å². The van der Waals surface area contributed by atoms with Gasteiger partial charge < -0.3 is 14.2 Å². The highest BCUT2D eigenvalue weighted by atomic mass is 35.5. The molecule has 0 amide bonds. The maximum Gasteiger partial charge on any atom is 0.218 e. The molecule has 1 rings (SSSR count). The van der Waals surface area contributed by atoms with Crippen LogP contribution in [0.2, 0.25) is 5.02 Å². The van der Waals surface area contributed by atoms with Gasteiger partial charge in [-0.2, -0.15) is 0 Å². The van der Waals surface area contributed by atoms with Crippen LogP contribution in [-0.4, -0.2) is 32.4 Å². The fraction of sp³-hybridized carbons (Fsp3) is 0.500. The summed E-state index contributed by atoms with van der Waals surface area (Å²) < 4.78 is 15.8. The molecule has 0 N–H and O–H groups in total. The van der Waals surface area contributed by atoms with Gasteiger partial charge in [-0.15, -0.1) is 0 Å². The number of hydrogen-bond donors (Lipinski definition) is 0. The van der Waals surface area contributed by atoms with Gasteiger partial charge in [0.25, 0.3) is 0 Å². The molecule has 0 fully saturated rings. The van der Waals surface area contributed by atoms with Crippen LogP contribution in [-0.2, 0) is 20.7 Å². The molecule has 0 atom stereocenters. The molecular formula is C14H19ClO4. The molecule has 0 unspecified atom stereocenters. The van der Waals surface area contributed by atoms with Crippen LogP contribution in [0.25, 0.3) is 0 Å². The second-order valence-electron chi connectivity index (χ2n) is 3.84. The molecule has 4 nitrogen and oxygen atoms in total. The fourth-order valence-corrected chi connectivity index (χ4v) is 1.89. The Morgan fingerprint density at radius 1 is 1.26 bits per heavy atom. The predicted octanol–water partition coefficient (Wildman–Crippen LogP) is 2.86. The van der Waals surface area contributed by atoms with E-state index in [1.54, 1.807) is 25.3 Å². The summed E-state index contributed by atoms with van der Waals surface area (Å²) in [5.41, 5.74) is 0.726. The molecule has 5 heteroatoms. The lowest BCUT2D eigenvalue weighted by Gasteiger charge is -2.16. The molecule has 1 aromatic rings. The summed E-state index contributed by atoms with van der Waals surface area (Å²) in [6.07, 6.45) is -0.673. The lowest BCUT2D eigenvalue weighted by molar-refractivity contribution is -0.167. The first kappa shape index (κ1) is 16.0. The number of hydrogen-bond acceptors (Lipinski definition) is 4. The Morgan fingerprint density at radius 2 is 1.89 bits per heavy atom. The third kappa shape index (κ3) is 4.82. The second kappa shape index (κ2) is 8.15. The third-order valence-electron chi connectivity index (χ3n) is 2.51. The van der Waals surface area contributed by atoms with Gasteiger partial charge in [-0.1, -0.05) is 11.6 Å². The Balaban J connectivity index is 2.82. The maximum absolute atomic E-state index is 12.1. The Morgan fingerprint density at radius 3 is 2.42 bits per heavy atom. The van der Waals surface area contributed by atoms with Gasteiger partial charge in [-0.05, 0) is 32.0 Å². The fourth-order valence-electron chi connectivity index (χ4n) is 1.69. The zero-order valence-electron chi connectivity index (χ0n) is 11.4. The molecule has 0 saturated heterocycles. The first-order chi connectivity index (χ1) is 9.12. The van der Waals surface area contributed by atoms with Crippen molar-refractivity contribution in [3.63, 3.8) is 0 Å². The summed E-state index contributed by atoms with van der Waals surface area (Å²) in [6, 6.07) is 5.17. The number of rotatable bonds is 8. The highest BCUT2D eigenvalue weighted by Gasteiger charge is 2.20. The minimum Gasteiger partial charge on any atom is -0.496 e. The summed E-state index contributed by atoms with van der Waals surface area (Å²) in [6.45, 7) is 4.48. The standard InChI is InChI=1S/C14H19ClO4/c1-4-18-14(19-5-2)12(16)9-10-8-11(15)6-7-13(10)17-3/h6-8,14H,4-5,9H2,1-3H3. The molecule has 106 valence electrons. The zero-order chi connectivity index (χ0) is 14.3. The number of carbonyl (C=O) groups is 1. The van der Waals surface area contributed by atoms with Gasteiger partial charge in [0.1, 0.15) is 5.75 Å². The largest absolute Gasteiger partial charge is 0.496 e. The van der Waals surface area contributed by atoms with Crippen molar-refractivity contribution in [1.29, 1.82) is 0 Å². The van der Waals surface area contributed by atoms with Gasteiger partial charge >= 0.3 is 0 Å².